The van der Waals surface area contributed by atoms with Crippen LogP contribution in [0.1, 0.15) is 24.5 Å². The standard InChI is InChI=1S/C18H18Cl2O3/c1-12(21)3-4-13-5-8-17(18(9-13)22-2)23-11-14-6-7-15(19)10-16(14)20/h5-10H,3-4,11H2,1-2H3. The summed E-state index contributed by atoms with van der Waals surface area (Å²) in [7, 11) is 1.59. The summed E-state index contributed by atoms with van der Waals surface area (Å²) in [5.74, 6) is 1.43. The van der Waals surface area contributed by atoms with Crippen LogP contribution in [0.3, 0.4) is 0 Å². The van der Waals surface area contributed by atoms with E-state index in [2.05, 4.69) is 0 Å². The quantitative estimate of drug-likeness (QED) is 0.695. The summed E-state index contributed by atoms with van der Waals surface area (Å²) < 4.78 is 11.2. The van der Waals surface area contributed by atoms with Gasteiger partial charge in [0, 0.05) is 22.0 Å². The number of halogens is 2. The third-order valence-electron chi connectivity index (χ3n) is 3.39. The molecule has 0 saturated carbocycles. The van der Waals surface area contributed by atoms with Crippen molar-refractivity contribution in [2.24, 2.45) is 0 Å². The van der Waals surface area contributed by atoms with Crippen molar-refractivity contribution in [1.29, 1.82) is 0 Å². The maximum Gasteiger partial charge on any atom is 0.161 e. The van der Waals surface area contributed by atoms with Crippen molar-refractivity contribution in [2.75, 3.05) is 7.11 Å². The molecule has 3 nitrogen and oxygen atoms in total. The van der Waals surface area contributed by atoms with Crippen LogP contribution in [0.25, 0.3) is 0 Å². The van der Waals surface area contributed by atoms with Crippen LogP contribution < -0.4 is 9.47 Å². The van der Waals surface area contributed by atoms with Gasteiger partial charge in [-0.05, 0) is 43.2 Å². The van der Waals surface area contributed by atoms with E-state index in [0.717, 1.165) is 11.1 Å². The molecule has 2 aromatic carbocycles. The van der Waals surface area contributed by atoms with Crippen LogP contribution in [0.15, 0.2) is 36.4 Å². The molecule has 0 atom stereocenters. The highest BCUT2D eigenvalue weighted by molar-refractivity contribution is 6.35. The molecule has 0 spiro atoms. The van der Waals surface area contributed by atoms with E-state index in [0.29, 0.717) is 41.0 Å². The smallest absolute Gasteiger partial charge is 0.161 e. The van der Waals surface area contributed by atoms with Crippen molar-refractivity contribution < 1.29 is 14.3 Å². The van der Waals surface area contributed by atoms with Gasteiger partial charge >= 0.3 is 0 Å². The summed E-state index contributed by atoms with van der Waals surface area (Å²) >= 11 is 12.0. The minimum Gasteiger partial charge on any atom is -0.493 e. The summed E-state index contributed by atoms with van der Waals surface area (Å²) in [5.41, 5.74) is 1.88. The Balaban J connectivity index is 2.08. The summed E-state index contributed by atoms with van der Waals surface area (Å²) in [6.45, 7) is 1.91. The number of ether oxygens (including phenoxy) is 2. The predicted octanol–water partition coefficient (Wildman–Crippen LogP) is 5.10. The Kier molecular flexibility index (Phi) is 6.31. The van der Waals surface area contributed by atoms with Gasteiger partial charge in [0.2, 0.25) is 0 Å². The topological polar surface area (TPSA) is 35.5 Å². The number of Topliss-reactive ketones (excluding diaryl/α,β-unsaturated/α-hetero) is 1. The number of hydrogen-bond acceptors (Lipinski definition) is 3. The minimum absolute atomic E-state index is 0.168. The van der Waals surface area contributed by atoms with Crippen LogP contribution in [-0.4, -0.2) is 12.9 Å². The van der Waals surface area contributed by atoms with Crippen LogP contribution in [0.5, 0.6) is 11.5 Å². The molecule has 0 heterocycles. The van der Waals surface area contributed by atoms with Crippen LogP contribution >= 0.6 is 23.2 Å². The van der Waals surface area contributed by atoms with Crippen molar-refractivity contribution in [3.63, 3.8) is 0 Å². The number of ketones is 1. The number of aryl methyl sites for hydroxylation is 1. The highest BCUT2D eigenvalue weighted by Gasteiger charge is 2.08. The lowest BCUT2D eigenvalue weighted by atomic mass is 10.1. The van der Waals surface area contributed by atoms with Crippen molar-refractivity contribution in [3.05, 3.63) is 57.6 Å². The van der Waals surface area contributed by atoms with E-state index in [1.807, 2.05) is 24.3 Å². The lowest BCUT2D eigenvalue weighted by molar-refractivity contribution is -0.116. The largest absolute Gasteiger partial charge is 0.493 e. The first-order chi connectivity index (χ1) is 11.0. The number of methoxy groups -OCH3 is 1. The molecule has 2 rings (SSSR count). The fourth-order valence-corrected chi connectivity index (χ4v) is 2.56. The van der Waals surface area contributed by atoms with Crippen molar-refractivity contribution in [1.82, 2.24) is 0 Å². The number of rotatable bonds is 7. The molecule has 122 valence electrons. The van der Waals surface area contributed by atoms with Crippen LogP contribution in [0.2, 0.25) is 10.0 Å². The van der Waals surface area contributed by atoms with Gasteiger partial charge in [-0.25, -0.2) is 0 Å². The zero-order valence-corrected chi connectivity index (χ0v) is 14.6. The third kappa shape index (κ3) is 5.15. The summed E-state index contributed by atoms with van der Waals surface area (Å²) in [5, 5.41) is 1.15. The van der Waals surface area contributed by atoms with E-state index in [1.165, 1.54) is 0 Å². The first-order valence-corrected chi connectivity index (χ1v) is 7.98. The van der Waals surface area contributed by atoms with Gasteiger partial charge in [-0.15, -0.1) is 0 Å². The fraction of sp³-hybridized carbons (Fsp3) is 0.278. The lowest BCUT2D eigenvalue weighted by Crippen LogP contribution is -2.00. The van der Waals surface area contributed by atoms with Crippen LogP contribution in [-0.2, 0) is 17.8 Å². The molecule has 0 aliphatic rings. The summed E-state index contributed by atoms with van der Waals surface area (Å²) in [6.07, 6.45) is 1.21. The maximum atomic E-state index is 11.1. The van der Waals surface area contributed by atoms with Crippen LogP contribution in [0.4, 0.5) is 0 Å². The number of carbonyl (C=O) groups excluding carboxylic acids is 1. The Morgan fingerprint density at radius 3 is 2.52 bits per heavy atom. The van der Waals surface area contributed by atoms with Crippen molar-refractivity contribution >= 4 is 29.0 Å². The molecule has 0 fully saturated rings. The minimum atomic E-state index is 0.168. The first-order valence-electron chi connectivity index (χ1n) is 7.22. The molecule has 0 N–H and O–H groups in total. The maximum absolute atomic E-state index is 11.1. The highest BCUT2D eigenvalue weighted by atomic mass is 35.5. The van der Waals surface area contributed by atoms with E-state index in [4.69, 9.17) is 32.7 Å². The summed E-state index contributed by atoms with van der Waals surface area (Å²) in [4.78, 5) is 11.1. The average molecular weight is 353 g/mol. The fourth-order valence-electron chi connectivity index (χ4n) is 2.10. The van der Waals surface area contributed by atoms with E-state index in [1.54, 1.807) is 26.2 Å². The Hall–Kier alpha value is -1.71. The Bertz CT molecular complexity index is 699. The zero-order valence-electron chi connectivity index (χ0n) is 13.1. The lowest BCUT2D eigenvalue weighted by Gasteiger charge is -2.13. The number of benzene rings is 2. The molecular formula is C18H18Cl2O3. The highest BCUT2D eigenvalue weighted by Crippen LogP contribution is 2.30. The second kappa shape index (κ2) is 8.23. The van der Waals surface area contributed by atoms with Crippen LogP contribution in [0, 0.1) is 0 Å². The molecule has 0 bridgehead atoms. The molecule has 0 aliphatic heterocycles. The molecule has 23 heavy (non-hydrogen) atoms. The Morgan fingerprint density at radius 1 is 1.09 bits per heavy atom. The van der Waals surface area contributed by atoms with Gasteiger partial charge < -0.3 is 14.3 Å². The second-order valence-corrected chi connectivity index (χ2v) is 6.06. The number of hydrogen-bond donors (Lipinski definition) is 0. The van der Waals surface area contributed by atoms with E-state index >= 15 is 0 Å². The molecule has 0 radical (unpaired) electrons. The molecule has 5 heteroatoms. The normalized spacial score (nSPS) is 10.4. The number of carbonyl (C=O) groups is 1. The molecular weight excluding hydrogens is 335 g/mol. The molecule has 0 aromatic heterocycles. The van der Waals surface area contributed by atoms with Gasteiger partial charge in [0.15, 0.2) is 11.5 Å². The molecule has 0 unspecified atom stereocenters. The first kappa shape index (κ1) is 17.6. The Morgan fingerprint density at radius 2 is 1.87 bits per heavy atom. The van der Waals surface area contributed by atoms with Gasteiger partial charge in [0.25, 0.3) is 0 Å². The SMILES string of the molecule is COc1cc(CCC(C)=O)ccc1OCc1ccc(Cl)cc1Cl. The monoisotopic (exact) mass is 352 g/mol. The van der Waals surface area contributed by atoms with Gasteiger partial charge in [-0.3, -0.25) is 0 Å². The van der Waals surface area contributed by atoms with Gasteiger partial charge in [0.05, 0.1) is 7.11 Å². The van der Waals surface area contributed by atoms with Crippen molar-refractivity contribution in [2.45, 2.75) is 26.4 Å². The third-order valence-corrected chi connectivity index (χ3v) is 3.98. The molecule has 0 aliphatic carbocycles. The van der Waals surface area contributed by atoms with Crippen molar-refractivity contribution in [3.8, 4) is 11.5 Å². The second-order valence-electron chi connectivity index (χ2n) is 5.21. The van der Waals surface area contributed by atoms with Gasteiger partial charge in [0.1, 0.15) is 12.4 Å². The van der Waals surface area contributed by atoms with Gasteiger partial charge in [-0.1, -0.05) is 35.3 Å². The molecule has 2 aromatic rings. The predicted molar refractivity (Wildman–Crippen MR) is 92.8 cm³/mol. The van der Waals surface area contributed by atoms with E-state index in [9.17, 15) is 4.79 Å². The van der Waals surface area contributed by atoms with E-state index in [-0.39, 0.29) is 5.78 Å². The average Bonchev–Trinajstić information content (AvgIpc) is 2.52. The Labute approximate surface area is 146 Å². The summed E-state index contributed by atoms with van der Waals surface area (Å²) in [6, 6.07) is 11.0. The zero-order chi connectivity index (χ0) is 16.8. The molecule has 0 amide bonds. The van der Waals surface area contributed by atoms with Gasteiger partial charge in [-0.2, -0.15) is 0 Å². The molecule has 0 saturated heterocycles. The van der Waals surface area contributed by atoms with E-state index < -0.39 is 0 Å².